The van der Waals surface area contributed by atoms with Crippen molar-refractivity contribution in [1.29, 1.82) is 0 Å². The third kappa shape index (κ3) is 7.00. The van der Waals surface area contributed by atoms with E-state index in [1.807, 2.05) is 38.1 Å². The second-order valence-electron chi connectivity index (χ2n) is 5.14. The Balaban J connectivity index is 2.91. The molecular weight excluding hydrogens is 284 g/mol. The molecule has 0 spiro atoms. The number of ketones is 1. The van der Waals surface area contributed by atoms with E-state index in [-0.39, 0.29) is 11.8 Å². The highest BCUT2D eigenvalue weighted by Crippen LogP contribution is 2.07. The molecule has 0 aliphatic rings. The predicted octanol–water partition coefficient (Wildman–Crippen LogP) is 3.61. The van der Waals surface area contributed by atoms with Gasteiger partial charge in [0.15, 0.2) is 5.78 Å². The summed E-state index contributed by atoms with van der Waals surface area (Å²) in [6.07, 6.45) is 4.95. The molecule has 0 heterocycles. The van der Waals surface area contributed by atoms with Crippen LogP contribution in [0.1, 0.15) is 37.0 Å². The lowest BCUT2D eigenvalue weighted by Crippen LogP contribution is -2.22. The summed E-state index contributed by atoms with van der Waals surface area (Å²) in [5, 5.41) is 3.24. The quantitative estimate of drug-likeness (QED) is 0.334. The highest BCUT2D eigenvalue weighted by molar-refractivity contribution is 6.17. The molecule has 0 atom stereocenters. The number of carbonyl (C=O) groups excluding carboxylic acids is 1. The van der Waals surface area contributed by atoms with Gasteiger partial charge in [0, 0.05) is 35.0 Å². The molecule has 1 aromatic rings. The van der Waals surface area contributed by atoms with E-state index < -0.39 is 0 Å². The molecule has 1 rings (SSSR count). The zero-order chi connectivity index (χ0) is 15.7. The average molecular weight is 307 g/mol. The van der Waals surface area contributed by atoms with Gasteiger partial charge in [-0.25, -0.2) is 0 Å². The van der Waals surface area contributed by atoms with Crippen molar-refractivity contribution >= 4 is 17.4 Å². The summed E-state index contributed by atoms with van der Waals surface area (Å²) in [5.74, 6) is 0.536. The summed E-state index contributed by atoms with van der Waals surface area (Å²) in [7, 11) is 0. The molecule has 0 aromatic heterocycles. The Morgan fingerprint density at radius 2 is 1.95 bits per heavy atom. The van der Waals surface area contributed by atoms with Crippen molar-refractivity contribution in [2.24, 2.45) is 5.73 Å². The monoisotopic (exact) mass is 306 g/mol. The molecular formula is C17H23ClN2O. The molecule has 0 amide bonds. The van der Waals surface area contributed by atoms with Crippen molar-refractivity contribution in [2.75, 3.05) is 5.88 Å². The van der Waals surface area contributed by atoms with Gasteiger partial charge in [0.1, 0.15) is 0 Å². The zero-order valence-corrected chi connectivity index (χ0v) is 13.4. The number of carbonyl (C=O) groups is 1. The maximum Gasteiger partial charge on any atom is 0.187 e. The lowest BCUT2D eigenvalue weighted by atomic mass is 10.1. The average Bonchev–Trinajstić information content (AvgIpc) is 2.45. The van der Waals surface area contributed by atoms with Crippen LogP contribution in [-0.4, -0.2) is 17.7 Å². The molecule has 3 nitrogen and oxygen atoms in total. The molecule has 0 radical (unpaired) electrons. The van der Waals surface area contributed by atoms with E-state index in [0.717, 1.165) is 24.2 Å². The Bertz CT molecular complexity index is 507. The fourth-order valence-corrected chi connectivity index (χ4v) is 1.96. The lowest BCUT2D eigenvalue weighted by Gasteiger charge is -2.12. The minimum absolute atomic E-state index is 0.0415. The van der Waals surface area contributed by atoms with E-state index in [0.29, 0.717) is 11.4 Å². The number of benzene rings is 1. The summed E-state index contributed by atoms with van der Waals surface area (Å²) >= 11 is 5.66. The van der Waals surface area contributed by atoms with E-state index in [9.17, 15) is 4.79 Å². The van der Waals surface area contributed by atoms with Gasteiger partial charge in [-0.1, -0.05) is 30.3 Å². The molecule has 21 heavy (non-hydrogen) atoms. The molecule has 3 N–H and O–H groups in total. The van der Waals surface area contributed by atoms with Crippen LogP contribution >= 0.6 is 11.6 Å². The van der Waals surface area contributed by atoms with Crippen molar-refractivity contribution in [1.82, 2.24) is 5.32 Å². The van der Waals surface area contributed by atoms with Crippen LogP contribution in [0.4, 0.5) is 0 Å². The van der Waals surface area contributed by atoms with Crippen LogP contribution in [0.2, 0.25) is 0 Å². The Hall–Kier alpha value is -1.74. The number of alkyl halides is 1. The van der Waals surface area contributed by atoms with Gasteiger partial charge in [0.05, 0.1) is 0 Å². The highest BCUT2D eigenvalue weighted by Gasteiger charge is 2.05. The van der Waals surface area contributed by atoms with Crippen LogP contribution < -0.4 is 11.1 Å². The summed E-state index contributed by atoms with van der Waals surface area (Å²) in [6, 6.07) is 9.40. The van der Waals surface area contributed by atoms with E-state index in [1.165, 1.54) is 0 Å². The summed E-state index contributed by atoms with van der Waals surface area (Å²) in [4.78, 5) is 12.2. The predicted molar refractivity (Wildman–Crippen MR) is 89.4 cm³/mol. The van der Waals surface area contributed by atoms with Gasteiger partial charge in [-0.3, -0.25) is 4.79 Å². The maximum absolute atomic E-state index is 12.2. The van der Waals surface area contributed by atoms with Crippen LogP contribution in [0.15, 0.2) is 53.9 Å². The third-order valence-electron chi connectivity index (χ3n) is 2.74. The van der Waals surface area contributed by atoms with Crippen molar-refractivity contribution in [3.8, 4) is 0 Å². The molecule has 0 saturated carbocycles. The lowest BCUT2D eigenvalue weighted by molar-refractivity contribution is 0.104. The largest absolute Gasteiger partial charge is 0.402 e. The second kappa shape index (κ2) is 9.24. The minimum Gasteiger partial charge on any atom is -0.402 e. The van der Waals surface area contributed by atoms with Gasteiger partial charge < -0.3 is 11.1 Å². The Kier molecular flexibility index (Phi) is 7.62. The van der Waals surface area contributed by atoms with E-state index >= 15 is 0 Å². The second-order valence-corrected chi connectivity index (χ2v) is 5.52. The van der Waals surface area contributed by atoms with Gasteiger partial charge in [-0.15, -0.1) is 11.6 Å². The van der Waals surface area contributed by atoms with Gasteiger partial charge >= 0.3 is 0 Å². The van der Waals surface area contributed by atoms with Gasteiger partial charge in [0.25, 0.3) is 0 Å². The zero-order valence-electron chi connectivity index (χ0n) is 12.6. The first-order chi connectivity index (χ1) is 10.0. The van der Waals surface area contributed by atoms with Crippen molar-refractivity contribution in [3.05, 3.63) is 59.4 Å². The number of allylic oxidation sites excluding steroid dienone is 3. The number of nitrogens with one attached hydrogen (secondary N) is 1. The Morgan fingerprint density at radius 1 is 1.29 bits per heavy atom. The minimum atomic E-state index is -0.0415. The van der Waals surface area contributed by atoms with E-state index in [4.69, 9.17) is 17.3 Å². The smallest absolute Gasteiger partial charge is 0.187 e. The molecule has 0 fully saturated rings. The third-order valence-corrected chi connectivity index (χ3v) is 3.01. The summed E-state index contributed by atoms with van der Waals surface area (Å²) in [5.41, 5.74) is 8.07. The van der Waals surface area contributed by atoms with Gasteiger partial charge in [0.2, 0.25) is 0 Å². The molecule has 1 aromatic carbocycles. The SMILES string of the molecule is CC(C)NC(/C=C(\N)CCCCl)=C/C(=O)c1ccccc1. The van der Waals surface area contributed by atoms with E-state index in [1.54, 1.807) is 18.2 Å². The fraction of sp³-hybridized carbons (Fsp3) is 0.353. The first-order valence-corrected chi connectivity index (χ1v) is 7.66. The summed E-state index contributed by atoms with van der Waals surface area (Å²) < 4.78 is 0. The van der Waals surface area contributed by atoms with Gasteiger partial charge in [-0.05, 0) is 32.8 Å². The standard InChI is InChI=1S/C17H23ClN2O/c1-13(2)20-16(11-15(19)9-6-10-18)12-17(21)14-7-4-3-5-8-14/h3-5,7-8,11-13,20H,6,9-10,19H2,1-2H3/b15-11-,16-12+. The van der Waals surface area contributed by atoms with Crippen molar-refractivity contribution in [2.45, 2.75) is 32.7 Å². The summed E-state index contributed by atoms with van der Waals surface area (Å²) in [6.45, 7) is 4.03. The Morgan fingerprint density at radius 3 is 2.52 bits per heavy atom. The van der Waals surface area contributed by atoms with Crippen molar-refractivity contribution in [3.63, 3.8) is 0 Å². The maximum atomic E-state index is 12.2. The van der Waals surface area contributed by atoms with Crippen LogP contribution in [0, 0.1) is 0 Å². The Labute approximate surface area is 131 Å². The molecule has 0 bridgehead atoms. The van der Waals surface area contributed by atoms with Crippen LogP contribution in [0.3, 0.4) is 0 Å². The van der Waals surface area contributed by atoms with Crippen LogP contribution in [0.25, 0.3) is 0 Å². The van der Waals surface area contributed by atoms with Crippen LogP contribution in [-0.2, 0) is 0 Å². The molecule has 0 saturated heterocycles. The number of nitrogens with two attached hydrogens (primary N) is 1. The molecule has 114 valence electrons. The van der Waals surface area contributed by atoms with Gasteiger partial charge in [-0.2, -0.15) is 0 Å². The number of hydrogen-bond acceptors (Lipinski definition) is 3. The van der Waals surface area contributed by atoms with Crippen molar-refractivity contribution < 1.29 is 4.79 Å². The van der Waals surface area contributed by atoms with E-state index in [2.05, 4.69) is 5.32 Å². The molecule has 0 aliphatic heterocycles. The first kappa shape index (κ1) is 17.3. The first-order valence-electron chi connectivity index (χ1n) is 7.12. The molecule has 0 aliphatic carbocycles. The normalized spacial score (nSPS) is 12.6. The molecule has 0 unspecified atom stereocenters. The number of hydrogen-bond donors (Lipinski definition) is 2. The topological polar surface area (TPSA) is 55.1 Å². The fourth-order valence-electron chi connectivity index (χ4n) is 1.83. The molecule has 4 heteroatoms. The van der Waals surface area contributed by atoms with Crippen LogP contribution in [0.5, 0.6) is 0 Å². The highest BCUT2D eigenvalue weighted by atomic mass is 35.5. The number of halogens is 1. The number of rotatable bonds is 8.